The van der Waals surface area contributed by atoms with Crippen LogP contribution in [0.2, 0.25) is 0 Å². The Labute approximate surface area is 142 Å². The van der Waals surface area contributed by atoms with Crippen LogP contribution in [0.3, 0.4) is 0 Å². The lowest BCUT2D eigenvalue weighted by atomic mass is 10.2. The van der Waals surface area contributed by atoms with Crippen molar-refractivity contribution in [2.45, 2.75) is 32.3 Å². The minimum Gasteiger partial charge on any atom is -0.394 e. The molecule has 3 atom stereocenters. The number of hydrogen-bond acceptors (Lipinski definition) is 6. The maximum Gasteiger partial charge on any atom is 0.330 e. The van der Waals surface area contributed by atoms with Crippen LogP contribution in [0.4, 0.5) is 0 Å². The molecular weight excluding hydrogens is 332 g/mol. The highest BCUT2D eigenvalue weighted by atomic mass is 32.1. The Morgan fingerprint density at radius 3 is 2.83 bits per heavy atom. The summed E-state index contributed by atoms with van der Waals surface area (Å²) < 4.78 is 6.68. The van der Waals surface area contributed by atoms with Crippen molar-refractivity contribution in [3.8, 4) is 0 Å². The van der Waals surface area contributed by atoms with Gasteiger partial charge in [0.25, 0.3) is 5.56 Å². The summed E-state index contributed by atoms with van der Waals surface area (Å²) in [7, 11) is 0. The van der Waals surface area contributed by atoms with Crippen molar-refractivity contribution in [2.75, 3.05) is 6.61 Å². The van der Waals surface area contributed by atoms with E-state index in [1.807, 2.05) is 17.5 Å². The number of nitrogens with zero attached hydrogens (tertiary/aromatic N) is 1. The molecule has 8 heteroatoms. The molecule has 130 valence electrons. The van der Waals surface area contributed by atoms with Crippen molar-refractivity contribution in [3.63, 3.8) is 0 Å². The fraction of sp³-hybridized carbons (Fsp3) is 0.375. The van der Waals surface area contributed by atoms with Gasteiger partial charge in [0.1, 0.15) is 12.3 Å². The molecule has 1 saturated heterocycles. The first-order chi connectivity index (χ1) is 11.1. The number of nitrogens with one attached hydrogen (secondary N) is 1. The van der Waals surface area contributed by atoms with Gasteiger partial charge in [0, 0.05) is 17.5 Å². The van der Waals surface area contributed by atoms with Gasteiger partial charge in [-0.2, -0.15) is 0 Å². The van der Waals surface area contributed by atoms with Crippen LogP contribution in [-0.2, 0) is 4.74 Å². The molecule has 2 aromatic heterocycles. The van der Waals surface area contributed by atoms with Crippen LogP contribution in [0.25, 0.3) is 12.2 Å². The van der Waals surface area contributed by atoms with Crippen LogP contribution in [0, 0.1) is 0 Å². The summed E-state index contributed by atoms with van der Waals surface area (Å²) >= 11 is 1.53. The largest absolute Gasteiger partial charge is 0.394 e. The maximum atomic E-state index is 12.0. The number of H-pyrrole nitrogens is 1. The molecule has 1 aliphatic heterocycles. The van der Waals surface area contributed by atoms with Crippen molar-refractivity contribution >= 4 is 23.5 Å². The van der Waals surface area contributed by atoms with E-state index in [-0.39, 0.29) is 20.5 Å². The molecule has 0 saturated carbocycles. The number of aliphatic hydroxyl groups is 2. The molecule has 1 fully saturated rings. The summed E-state index contributed by atoms with van der Waals surface area (Å²) in [4.78, 5) is 27.1. The van der Waals surface area contributed by atoms with E-state index < -0.39 is 29.7 Å². The molecule has 0 aromatic carbocycles. The van der Waals surface area contributed by atoms with Gasteiger partial charge >= 0.3 is 5.69 Å². The van der Waals surface area contributed by atoms with Crippen LogP contribution in [0.15, 0.2) is 33.3 Å². The molecule has 2 aromatic rings. The summed E-state index contributed by atoms with van der Waals surface area (Å²) in [6.07, 6.45) is 2.67. The predicted octanol–water partition coefficient (Wildman–Crippen LogP) is 1.05. The van der Waals surface area contributed by atoms with Crippen LogP contribution in [0.5, 0.6) is 0 Å². The summed E-state index contributed by atoms with van der Waals surface area (Å²) in [6.45, 7) is -0.332. The number of aromatic nitrogens is 2. The van der Waals surface area contributed by atoms with E-state index in [9.17, 15) is 14.7 Å². The molecule has 0 bridgehead atoms. The van der Waals surface area contributed by atoms with E-state index in [0.29, 0.717) is 5.56 Å². The third kappa shape index (κ3) is 3.73. The minimum atomic E-state index is -0.853. The number of rotatable bonds is 4. The molecule has 3 N–H and O–H groups in total. The SMILES string of the molecule is C.O=c1[nH]c(=O)n([C@H]2C[C@H](O)[C@@H](CO)O2)cc1/C=C/c1cccs1. The van der Waals surface area contributed by atoms with E-state index in [1.165, 1.54) is 22.1 Å². The van der Waals surface area contributed by atoms with Crippen molar-refractivity contribution < 1.29 is 14.9 Å². The molecule has 1 aliphatic rings. The zero-order valence-corrected chi connectivity index (χ0v) is 12.9. The first-order valence-corrected chi connectivity index (χ1v) is 7.98. The Morgan fingerprint density at radius 1 is 1.42 bits per heavy atom. The van der Waals surface area contributed by atoms with Crippen LogP contribution < -0.4 is 11.2 Å². The van der Waals surface area contributed by atoms with E-state index >= 15 is 0 Å². The monoisotopic (exact) mass is 352 g/mol. The van der Waals surface area contributed by atoms with E-state index in [2.05, 4.69) is 4.98 Å². The number of ether oxygens (including phenoxy) is 1. The number of aliphatic hydroxyl groups excluding tert-OH is 2. The van der Waals surface area contributed by atoms with Gasteiger partial charge in [0.15, 0.2) is 0 Å². The predicted molar refractivity (Wildman–Crippen MR) is 92.9 cm³/mol. The van der Waals surface area contributed by atoms with Gasteiger partial charge in [0.2, 0.25) is 0 Å². The second-order valence-electron chi connectivity index (χ2n) is 5.21. The molecule has 7 nitrogen and oxygen atoms in total. The normalized spacial score (nSPS) is 23.5. The average molecular weight is 352 g/mol. The topological polar surface area (TPSA) is 105 Å². The van der Waals surface area contributed by atoms with Gasteiger partial charge in [-0.3, -0.25) is 14.3 Å². The van der Waals surface area contributed by atoms with Gasteiger partial charge in [-0.1, -0.05) is 13.5 Å². The third-order valence-electron chi connectivity index (χ3n) is 3.66. The highest BCUT2D eigenvalue weighted by molar-refractivity contribution is 7.10. The maximum absolute atomic E-state index is 12.0. The Hall–Kier alpha value is -2.00. The molecular formula is C16H20N2O5S. The van der Waals surface area contributed by atoms with Gasteiger partial charge in [0.05, 0.1) is 18.3 Å². The molecule has 24 heavy (non-hydrogen) atoms. The minimum absolute atomic E-state index is 0. The first kappa shape index (κ1) is 18.3. The summed E-state index contributed by atoms with van der Waals surface area (Å²) in [6, 6.07) is 3.81. The summed E-state index contributed by atoms with van der Waals surface area (Å²) in [5.74, 6) is 0. The molecule has 0 spiro atoms. The Balaban J connectivity index is 0.00000208. The highest BCUT2D eigenvalue weighted by Gasteiger charge is 2.35. The quantitative estimate of drug-likeness (QED) is 0.763. The lowest BCUT2D eigenvalue weighted by molar-refractivity contribution is -0.0459. The Morgan fingerprint density at radius 2 is 2.21 bits per heavy atom. The number of aromatic amines is 1. The third-order valence-corrected chi connectivity index (χ3v) is 4.50. The molecule has 0 unspecified atom stereocenters. The standard InChI is InChI=1S/C15H16N2O5S.CH4/c18-8-12-11(19)6-13(22-12)17-7-9(14(20)16-15(17)21)3-4-10-2-1-5-23-10;/h1-5,7,11-13,18-19H,6,8H2,(H,16,20,21);1H4/b4-3+;/t11-,12+,13+;/m0./s1. The molecule has 0 aliphatic carbocycles. The van der Waals surface area contributed by atoms with Crippen molar-refractivity contribution in [1.82, 2.24) is 9.55 Å². The van der Waals surface area contributed by atoms with Crippen molar-refractivity contribution in [1.29, 1.82) is 0 Å². The van der Waals surface area contributed by atoms with Crippen molar-refractivity contribution in [2.24, 2.45) is 0 Å². The van der Waals surface area contributed by atoms with Crippen LogP contribution in [0.1, 0.15) is 30.5 Å². The van der Waals surface area contributed by atoms with E-state index in [4.69, 9.17) is 9.84 Å². The van der Waals surface area contributed by atoms with Gasteiger partial charge in [-0.15, -0.1) is 11.3 Å². The van der Waals surface area contributed by atoms with E-state index in [0.717, 1.165) is 4.88 Å². The molecule has 0 radical (unpaired) electrons. The fourth-order valence-corrected chi connectivity index (χ4v) is 3.06. The Kier molecular flexibility index (Phi) is 5.89. The first-order valence-electron chi connectivity index (χ1n) is 7.10. The molecule has 3 heterocycles. The average Bonchev–Trinajstić information content (AvgIpc) is 3.15. The second-order valence-corrected chi connectivity index (χ2v) is 6.19. The molecule has 3 rings (SSSR count). The highest BCUT2D eigenvalue weighted by Crippen LogP contribution is 2.27. The van der Waals surface area contributed by atoms with Gasteiger partial charge in [-0.05, 0) is 23.6 Å². The Bertz CT molecular complexity index is 809. The lowest BCUT2D eigenvalue weighted by Gasteiger charge is -2.14. The zero-order valence-electron chi connectivity index (χ0n) is 12.1. The summed E-state index contributed by atoms with van der Waals surface area (Å²) in [5.41, 5.74) is -0.793. The number of thiophene rings is 1. The fourth-order valence-electron chi connectivity index (χ4n) is 2.44. The van der Waals surface area contributed by atoms with Gasteiger partial charge < -0.3 is 14.9 Å². The van der Waals surface area contributed by atoms with E-state index in [1.54, 1.807) is 12.2 Å². The van der Waals surface area contributed by atoms with Crippen LogP contribution in [-0.4, -0.2) is 38.6 Å². The van der Waals surface area contributed by atoms with Gasteiger partial charge in [-0.25, -0.2) is 4.79 Å². The van der Waals surface area contributed by atoms with Crippen LogP contribution >= 0.6 is 11.3 Å². The summed E-state index contributed by atoms with van der Waals surface area (Å²) in [5, 5.41) is 20.8. The zero-order chi connectivity index (χ0) is 16.4. The number of hydrogen-bond donors (Lipinski definition) is 3. The van der Waals surface area contributed by atoms with Crippen molar-refractivity contribution in [3.05, 3.63) is 55.0 Å². The molecule has 0 amide bonds. The lowest BCUT2D eigenvalue weighted by Crippen LogP contribution is -2.33. The smallest absolute Gasteiger partial charge is 0.330 e. The second kappa shape index (κ2) is 7.71.